The van der Waals surface area contributed by atoms with Crippen molar-refractivity contribution in [3.05, 3.63) is 60.2 Å². The van der Waals surface area contributed by atoms with Gasteiger partial charge in [-0.05, 0) is 48.4 Å². The molecule has 1 unspecified atom stereocenters. The molecule has 184 valence electrons. The summed E-state index contributed by atoms with van der Waals surface area (Å²) in [5.74, 6) is 2.88. The van der Waals surface area contributed by atoms with E-state index in [9.17, 15) is 4.79 Å². The minimum Gasteiger partial charge on any atom is -0.497 e. The number of carbonyl (C=O) groups excluding carboxylic acids is 1. The van der Waals surface area contributed by atoms with E-state index in [4.69, 9.17) is 19.2 Å². The summed E-state index contributed by atoms with van der Waals surface area (Å²) in [6.45, 7) is 3.79. The third-order valence-electron chi connectivity index (χ3n) is 7.03. The number of nitrogens with zero attached hydrogens (tertiary/aromatic N) is 4. The Morgan fingerprint density at radius 1 is 0.972 bits per heavy atom. The number of pyridine rings is 1. The number of hydrogen-bond donors (Lipinski definition) is 0. The highest BCUT2D eigenvalue weighted by Crippen LogP contribution is 2.51. The fraction of sp³-hybridized carbons (Fsp3) is 0.296. The van der Waals surface area contributed by atoms with Crippen LogP contribution in [-0.2, 0) is 10.2 Å². The summed E-state index contributed by atoms with van der Waals surface area (Å²) in [7, 11) is 3.25. The summed E-state index contributed by atoms with van der Waals surface area (Å²) < 4.78 is 16.9. The van der Waals surface area contributed by atoms with Crippen LogP contribution in [0.4, 0.5) is 10.8 Å². The van der Waals surface area contributed by atoms with Crippen LogP contribution in [0, 0.1) is 0 Å². The molecular weight excluding hydrogens is 476 g/mol. The molecular formula is C27H26N4O4S. The molecule has 8 nitrogen and oxygen atoms in total. The van der Waals surface area contributed by atoms with E-state index in [1.54, 1.807) is 32.5 Å². The Morgan fingerprint density at radius 3 is 2.58 bits per heavy atom. The van der Waals surface area contributed by atoms with Crippen molar-refractivity contribution in [3.63, 3.8) is 0 Å². The lowest BCUT2D eigenvalue weighted by molar-refractivity contribution is -0.127. The van der Waals surface area contributed by atoms with E-state index in [0.717, 1.165) is 52.2 Å². The Balaban J connectivity index is 1.40. The van der Waals surface area contributed by atoms with Gasteiger partial charge in [-0.3, -0.25) is 4.79 Å². The first kappa shape index (κ1) is 22.6. The van der Waals surface area contributed by atoms with Crippen LogP contribution in [0.1, 0.15) is 18.9 Å². The van der Waals surface area contributed by atoms with Crippen LogP contribution >= 0.6 is 11.3 Å². The number of anilines is 2. The maximum Gasteiger partial charge on any atom is 0.219 e. The highest BCUT2D eigenvalue weighted by Gasteiger charge is 2.49. The third-order valence-corrected chi connectivity index (χ3v) is 8.01. The van der Waals surface area contributed by atoms with Gasteiger partial charge in [0.2, 0.25) is 11.8 Å². The topological polar surface area (TPSA) is 77.0 Å². The molecule has 2 aromatic heterocycles. The van der Waals surface area contributed by atoms with Gasteiger partial charge in [-0.1, -0.05) is 17.4 Å². The quantitative estimate of drug-likeness (QED) is 0.374. The summed E-state index contributed by atoms with van der Waals surface area (Å²) >= 11 is 1.55. The van der Waals surface area contributed by atoms with Gasteiger partial charge in [-0.2, -0.15) is 0 Å². The Kier molecular flexibility index (Phi) is 5.44. The molecule has 0 bridgehead atoms. The first-order valence-electron chi connectivity index (χ1n) is 11.8. The number of carbonyl (C=O) groups is 1. The van der Waals surface area contributed by atoms with Crippen molar-refractivity contribution in [1.29, 1.82) is 0 Å². The van der Waals surface area contributed by atoms with Crippen LogP contribution in [0.15, 0.2) is 54.6 Å². The number of amides is 1. The molecule has 36 heavy (non-hydrogen) atoms. The van der Waals surface area contributed by atoms with Gasteiger partial charge in [-0.25, -0.2) is 9.97 Å². The van der Waals surface area contributed by atoms with E-state index >= 15 is 0 Å². The minimum atomic E-state index is -0.197. The maximum atomic E-state index is 12.2. The van der Waals surface area contributed by atoms with Crippen molar-refractivity contribution >= 4 is 38.4 Å². The van der Waals surface area contributed by atoms with Gasteiger partial charge >= 0.3 is 0 Å². The standard InChI is InChI=1S/C27H26N4O4S/c1-17(32)30-12-11-27(15-30)16-31(26-28-22-8-10-24(34-3)29-25(22)36-26)23-9-7-20(14-21(23)27)35-19-6-4-5-18(13-19)33-2/h4-10,13-14H,11-12,15-16H2,1-3H3. The van der Waals surface area contributed by atoms with E-state index in [0.29, 0.717) is 18.2 Å². The van der Waals surface area contributed by atoms with Crippen molar-refractivity contribution in [2.75, 3.05) is 38.8 Å². The second kappa shape index (κ2) is 8.67. The zero-order valence-corrected chi connectivity index (χ0v) is 21.2. The molecule has 1 saturated heterocycles. The second-order valence-corrected chi connectivity index (χ2v) is 10.1. The Labute approximate surface area is 213 Å². The zero-order chi connectivity index (χ0) is 24.9. The molecule has 2 aliphatic heterocycles. The SMILES string of the molecule is COc1cccc(Oc2ccc3c(c2)C2(CCN(C(C)=O)C2)CN3c2nc3ccc(OC)nc3s2)c1. The second-order valence-electron chi connectivity index (χ2n) is 9.19. The van der Waals surface area contributed by atoms with Crippen LogP contribution in [0.5, 0.6) is 23.1 Å². The highest BCUT2D eigenvalue weighted by atomic mass is 32.1. The number of likely N-dealkylation sites (tertiary alicyclic amines) is 1. The normalized spacial score (nSPS) is 18.6. The maximum absolute atomic E-state index is 12.2. The van der Waals surface area contributed by atoms with Gasteiger partial charge in [0.25, 0.3) is 0 Å². The zero-order valence-electron chi connectivity index (χ0n) is 20.4. The molecule has 0 N–H and O–H groups in total. The van der Waals surface area contributed by atoms with Crippen LogP contribution < -0.4 is 19.1 Å². The van der Waals surface area contributed by atoms with E-state index in [-0.39, 0.29) is 11.3 Å². The molecule has 1 spiro atoms. The summed E-state index contributed by atoms with van der Waals surface area (Å²) in [6, 6.07) is 17.5. The number of methoxy groups -OCH3 is 2. The summed E-state index contributed by atoms with van der Waals surface area (Å²) in [4.78, 5) is 26.7. The number of fused-ring (bicyclic) bond motifs is 3. The predicted molar refractivity (Wildman–Crippen MR) is 139 cm³/mol. The van der Waals surface area contributed by atoms with Crippen molar-refractivity contribution in [1.82, 2.24) is 14.9 Å². The first-order valence-corrected chi connectivity index (χ1v) is 12.6. The third kappa shape index (κ3) is 3.80. The van der Waals surface area contributed by atoms with Crippen LogP contribution in [0.3, 0.4) is 0 Å². The average Bonchev–Trinajstić information content (AvgIpc) is 3.60. The lowest BCUT2D eigenvalue weighted by Gasteiger charge is -2.25. The molecule has 6 rings (SSSR count). The summed E-state index contributed by atoms with van der Waals surface area (Å²) in [5, 5.41) is 0.881. The lowest BCUT2D eigenvalue weighted by atomic mass is 9.81. The molecule has 4 aromatic rings. The fourth-order valence-corrected chi connectivity index (χ4v) is 6.14. The molecule has 9 heteroatoms. The van der Waals surface area contributed by atoms with Crippen molar-refractivity contribution in [3.8, 4) is 23.1 Å². The fourth-order valence-electron chi connectivity index (χ4n) is 5.19. The van der Waals surface area contributed by atoms with Crippen molar-refractivity contribution < 1.29 is 19.0 Å². The molecule has 2 aliphatic rings. The summed E-state index contributed by atoms with van der Waals surface area (Å²) in [5.41, 5.74) is 2.91. The monoisotopic (exact) mass is 502 g/mol. The van der Waals surface area contributed by atoms with E-state index in [1.165, 1.54) is 5.56 Å². The number of hydrogen-bond acceptors (Lipinski definition) is 8. The largest absolute Gasteiger partial charge is 0.497 e. The van der Waals surface area contributed by atoms with E-state index < -0.39 is 0 Å². The molecule has 1 amide bonds. The summed E-state index contributed by atoms with van der Waals surface area (Å²) in [6.07, 6.45) is 0.885. The van der Waals surface area contributed by atoms with E-state index in [2.05, 4.69) is 22.0 Å². The molecule has 1 fully saturated rings. The smallest absolute Gasteiger partial charge is 0.219 e. The van der Waals surface area contributed by atoms with Crippen LogP contribution in [-0.4, -0.2) is 54.6 Å². The molecule has 1 atom stereocenters. The Morgan fingerprint density at radius 2 is 1.81 bits per heavy atom. The van der Waals surface area contributed by atoms with Crippen molar-refractivity contribution in [2.24, 2.45) is 0 Å². The first-order chi connectivity index (χ1) is 17.5. The van der Waals surface area contributed by atoms with Gasteiger partial charge in [-0.15, -0.1) is 0 Å². The number of ether oxygens (including phenoxy) is 3. The molecule has 4 heterocycles. The molecule has 0 saturated carbocycles. The minimum absolute atomic E-state index is 0.104. The molecule has 0 aliphatic carbocycles. The lowest BCUT2D eigenvalue weighted by Crippen LogP contribution is -2.36. The van der Waals surface area contributed by atoms with Crippen LogP contribution in [0.2, 0.25) is 0 Å². The van der Waals surface area contributed by atoms with Gasteiger partial charge in [0.1, 0.15) is 27.6 Å². The Bertz CT molecular complexity index is 1470. The highest BCUT2D eigenvalue weighted by molar-refractivity contribution is 7.21. The van der Waals surface area contributed by atoms with Crippen molar-refractivity contribution in [2.45, 2.75) is 18.8 Å². The number of benzene rings is 2. The van der Waals surface area contributed by atoms with Gasteiger partial charge in [0, 0.05) is 49.8 Å². The predicted octanol–water partition coefficient (Wildman–Crippen LogP) is 5.14. The van der Waals surface area contributed by atoms with Gasteiger partial charge in [0.05, 0.1) is 14.2 Å². The van der Waals surface area contributed by atoms with Gasteiger partial charge in [0.15, 0.2) is 5.13 Å². The molecule has 0 radical (unpaired) electrons. The molecule has 2 aromatic carbocycles. The van der Waals surface area contributed by atoms with E-state index in [1.807, 2.05) is 47.4 Å². The van der Waals surface area contributed by atoms with Crippen LogP contribution in [0.25, 0.3) is 10.3 Å². The number of aromatic nitrogens is 2. The average molecular weight is 503 g/mol. The number of rotatable bonds is 5. The van der Waals surface area contributed by atoms with Gasteiger partial charge < -0.3 is 24.0 Å². The Hall–Kier alpha value is -3.85. The number of thiazole rings is 1.